The number of hydrogen-bond acceptors (Lipinski definition) is 2. The van der Waals surface area contributed by atoms with Crippen molar-refractivity contribution in [2.75, 3.05) is 0 Å². The van der Waals surface area contributed by atoms with E-state index in [1.165, 1.54) is 0 Å². The third-order valence-electron chi connectivity index (χ3n) is 1.98. The molecule has 0 saturated carbocycles. The van der Waals surface area contributed by atoms with Crippen LogP contribution in [0.2, 0.25) is 5.02 Å². The average molecular weight is 196 g/mol. The van der Waals surface area contributed by atoms with E-state index in [1.807, 2.05) is 13.0 Å². The van der Waals surface area contributed by atoms with Crippen LogP contribution in [0.4, 0.5) is 0 Å². The van der Waals surface area contributed by atoms with Gasteiger partial charge in [0, 0.05) is 5.56 Å². The molecule has 1 N–H and O–H groups in total. The Bertz CT molecular complexity index is 368. The van der Waals surface area contributed by atoms with Crippen LogP contribution in [-0.4, -0.2) is 5.11 Å². The van der Waals surface area contributed by atoms with Crippen molar-refractivity contribution in [3.63, 3.8) is 0 Å². The van der Waals surface area contributed by atoms with Crippen LogP contribution in [0.1, 0.15) is 24.0 Å². The first-order chi connectivity index (χ1) is 6.07. The van der Waals surface area contributed by atoms with Gasteiger partial charge in [-0.15, -0.1) is 0 Å². The lowest BCUT2D eigenvalue weighted by molar-refractivity contribution is 0.467. The predicted octanol–water partition coefficient (Wildman–Crippen LogP) is 2.98. The van der Waals surface area contributed by atoms with Gasteiger partial charge in [-0.2, -0.15) is 5.26 Å². The topological polar surface area (TPSA) is 44.0 Å². The molecule has 1 unspecified atom stereocenters. The maximum absolute atomic E-state index is 9.48. The van der Waals surface area contributed by atoms with Crippen molar-refractivity contribution in [1.82, 2.24) is 0 Å². The van der Waals surface area contributed by atoms with Crippen LogP contribution in [-0.2, 0) is 0 Å². The van der Waals surface area contributed by atoms with Crippen LogP contribution in [0, 0.1) is 18.3 Å². The summed E-state index contributed by atoms with van der Waals surface area (Å²) in [6.45, 7) is 3.55. The first kappa shape index (κ1) is 9.88. The fraction of sp³-hybridized carbons (Fsp3) is 0.300. The van der Waals surface area contributed by atoms with E-state index in [1.54, 1.807) is 19.1 Å². The molecule has 0 radical (unpaired) electrons. The molecular formula is C10H10ClNO. The SMILES string of the molecule is Cc1ccc(O)c(C(C)C#N)c1Cl. The quantitative estimate of drug-likeness (QED) is 0.749. The van der Waals surface area contributed by atoms with Crippen molar-refractivity contribution in [3.05, 3.63) is 28.3 Å². The second kappa shape index (κ2) is 3.68. The van der Waals surface area contributed by atoms with Crippen LogP contribution in [0.3, 0.4) is 0 Å². The minimum absolute atomic E-state index is 0.0876. The summed E-state index contributed by atoms with van der Waals surface area (Å²) < 4.78 is 0. The van der Waals surface area contributed by atoms with Gasteiger partial charge in [-0.05, 0) is 25.5 Å². The van der Waals surface area contributed by atoms with E-state index in [4.69, 9.17) is 16.9 Å². The zero-order chi connectivity index (χ0) is 10.0. The minimum Gasteiger partial charge on any atom is -0.508 e. The van der Waals surface area contributed by atoms with Crippen LogP contribution in [0.5, 0.6) is 5.75 Å². The van der Waals surface area contributed by atoms with Gasteiger partial charge in [-0.1, -0.05) is 17.7 Å². The first-order valence-electron chi connectivity index (χ1n) is 3.95. The van der Waals surface area contributed by atoms with Crippen molar-refractivity contribution in [1.29, 1.82) is 5.26 Å². The molecule has 0 aromatic heterocycles. The Morgan fingerprint density at radius 3 is 2.69 bits per heavy atom. The molecule has 0 spiro atoms. The number of phenolic OH excluding ortho intramolecular Hbond substituents is 1. The molecule has 0 aliphatic heterocycles. The summed E-state index contributed by atoms with van der Waals surface area (Å²) in [6, 6.07) is 5.33. The molecule has 0 heterocycles. The van der Waals surface area contributed by atoms with Gasteiger partial charge in [0.15, 0.2) is 0 Å². The summed E-state index contributed by atoms with van der Waals surface area (Å²) >= 11 is 5.96. The van der Waals surface area contributed by atoms with E-state index in [0.29, 0.717) is 10.6 Å². The van der Waals surface area contributed by atoms with E-state index in [9.17, 15) is 5.11 Å². The lowest BCUT2D eigenvalue weighted by Crippen LogP contribution is -1.93. The van der Waals surface area contributed by atoms with Gasteiger partial charge >= 0.3 is 0 Å². The van der Waals surface area contributed by atoms with E-state index in [-0.39, 0.29) is 11.7 Å². The summed E-state index contributed by atoms with van der Waals surface area (Å²) in [7, 11) is 0. The fourth-order valence-electron chi connectivity index (χ4n) is 1.17. The van der Waals surface area contributed by atoms with Crippen LogP contribution >= 0.6 is 11.6 Å². The molecule has 0 bridgehead atoms. The Balaban J connectivity index is 3.35. The second-order valence-electron chi connectivity index (χ2n) is 2.98. The van der Waals surface area contributed by atoms with Gasteiger partial charge in [0.1, 0.15) is 5.75 Å². The summed E-state index contributed by atoms with van der Waals surface area (Å²) in [4.78, 5) is 0. The lowest BCUT2D eigenvalue weighted by Gasteiger charge is -2.10. The molecule has 3 heteroatoms. The zero-order valence-corrected chi connectivity index (χ0v) is 8.26. The number of nitrogens with zero attached hydrogens (tertiary/aromatic N) is 1. The summed E-state index contributed by atoms with van der Waals surface area (Å²) in [5.41, 5.74) is 1.39. The third kappa shape index (κ3) is 1.76. The summed E-state index contributed by atoms with van der Waals surface area (Å²) in [6.07, 6.45) is 0. The Morgan fingerprint density at radius 2 is 2.15 bits per heavy atom. The Kier molecular flexibility index (Phi) is 2.79. The number of nitriles is 1. The molecule has 1 atom stereocenters. The van der Waals surface area contributed by atoms with Gasteiger partial charge < -0.3 is 5.11 Å². The van der Waals surface area contributed by atoms with Gasteiger partial charge in [-0.3, -0.25) is 0 Å². The monoisotopic (exact) mass is 195 g/mol. The fourth-order valence-corrected chi connectivity index (χ4v) is 1.49. The number of rotatable bonds is 1. The summed E-state index contributed by atoms with van der Waals surface area (Å²) in [5, 5.41) is 18.7. The average Bonchev–Trinajstić information content (AvgIpc) is 2.12. The molecule has 68 valence electrons. The highest BCUT2D eigenvalue weighted by Crippen LogP contribution is 2.34. The Labute approximate surface area is 82.4 Å². The first-order valence-corrected chi connectivity index (χ1v) is 4.33. The minimum atomic E-state index is -0.382. The second-order valence-corrected chi connectivity index (χ2v) is 3.36. The molecule has 1 rings (SSSR count). The molecule has 0 saturated heterocycles. The molecule has 0 aliphatic carbocycles. The molecule has 0 fully saturated rings. The normalized spacial score (nSPS) is 12.2. The van der Waals surface area contributed by atoms with E-state index in [0.717, 1.165) is 5.56 Å². The molecule has 13 heavy (non-hydrogen) atoms. The van der Waals surface area contributed by atoms with Crippen molar-refractivity contribution >= 4 is 11.6 Å². The van der Waals surface area contributed by atoms with Gasteiger partial charge in [0.25, 0.3) is 0 Å². The zero-order valence-electron chi connectivity index (χ0n) is 7.50. The highest BCUT2D eigenvalue weighted by molar-refractivity contribution is 6.32. The highest BCUT2D eigenvalue weighted by Gasteiger charge is 2.14. The van der Waals surface area contributed by atoms with Gasteiger partial charge in [-0.25, -0.2) is 0 Å². The number of aryl methyl sites for hydroxylation is 1. The predicted molar refractivity (Wildman–Crippen MR) is 51.9 cm³/mol. The van der Waals surface area contributed by atoms with Crippen LogP contribution < -0.4 is 0 Å². The van der Waals surface area contributed by atoms with E-state index in [2.05, 4.69) is 0 Å². The van der Waals surface area contributed by atoms with Crippen LogP contribution in [0.15, 0.2) is 12.1 Å². The number of hydrogen-bond donors (Lipinski definition) is 1. The van der Waals surface area contributed by atoms with E-state index >= 15 is 0 Å². The number of benzene rings is 1. The lowest BCUT2D eigenvalue weighted by atomic mass is 9.99. The number of aromatic hydroxyl groups is 1. The van der Waals surface area contributed by atoms with Crippen molar-refractivity contribution in [3.8, 4) is 11.8 Å². The highest BCUT2D eigenvalue weighted by atomic mass is 35.5. The molecular weight excluding hydrogens is 186 g/mol. The van der Waals surface area contributed by atoms with Crippen molar-refractivity contribution < 1.29 is 5.11 Å². The van der Waals surface area contributed by atoms with E-state index < -0.39 is 0 Å². The molecule has 0 amide bonds. The maximum Gasteiger partial charge on any atom is 0.121 e. The third-order valence-corrected chi connectivity index (χ3v) is 2.48. The van der Waals surface area contributed by atoms with Gasteiger partial charge in [0.2, 0.25) is 0 Å². The van der Waals surface area contributed by atoms with Crippen molar-refractivity contribution in [2.45, 2.75) is 19.8 Å². The standard InChI is InChI=1S/C10H10ClNO/c1-6-3-4-8(13)9(10(6)11)7(2)5-12/h3-4,7,13H,1-2H3. The smallest absolute Gasteiger partial charge is 0.121 e. The molecule has 1 aromatic rings. The molecule has 2 nitrogen and oxygen atoms in total. The number of phenols is 1. The Hall–Kier alpha value is -1.20. The molecule has 0 aliphatic rings. The van der Waals surface area contributed by atoms with Crippen LogP contribution in [0.25, 0.3) is 0 Å². The molecule has 1 aromatic carbocycles. The maximum atomic E-state index is 9.48. The Morgan fingerprint density at radius 1 is 1.54 bits per heavy atom. The van der Waals surface area contributed by atoms with Crippen molar-refractivity contribution in [2.24, 2.45) is 0 Å². The van der Waals surface area contributed by atoms with Gasteiger partial charge in [0.05, 0.1) is 17.0 Å². The number of halogens is 1. The largest absolute Gasteiger partial charge is 0.508 e. The summed E-state index contributed by atoms with van der Waals surface area (Å²) in [5.74, 6) is -0.294.